The van der Waals surface area contributed by atoms with E-state index in [0.717, 1.165) is 6.42 Å². The zero-order valence-electron chi connectivity index (χ0n) is 15.4. The quantitative estimate of drug-likeness (QED) is 0.698. The maximum absolute atomic E-state index is 13.0. The topological polar surface area (TPSA) is 74.3 Å². The summed E-state index contributed by atoms with van der Waals surface area (Å²) in [6, 6.07) is 17.0. The van der Waals surface area contributed by atoms with Gasteiger partial charge in [-0.3, -0.25) is 10.1 Å². The highest BCUT2D eigenvalue weighted by Crippen LogP contribution is 2.27. The van der Waals surface area contributed by atoms with Crippen molar-refractivity contribution in [2.24, 2.45) is 0 Å². The summed E-state index contributed by atoms with van der Waals surface area (Å²) in [4.78, 5) is 31.9. The molecule has 0 aliphatic carbocycles. The Labute approximate surface area is 167 Å². The molecule has 7 heteroatoms. The van der Waals surface area contributed by atoms with Crippen molar-refractivity contribution in [1.82, 2.24) is 9.88 Å². The lowest BCUT2D eigenvalue weighted by molar-refractivity contribution is 0.0738. The third-order valence-corrected chi connectivity index (χ3v) is 5.72. The molecule has 3 amide bonds. The van der Waals surface area contributed by atoms with Gasteiger partial charge in [-0.1, -0.05) is 53.8 Å². The minimum Gasteiger partial charge on any atom is -0.333 e. The third-order valence-electron chi connectivity index (χ3n) is 4.66. The van der Waals surface area contributed by atoms with Crippen LogP contribution in [-0.2, 0) is 13.0 Å². The third kappa shape index (κ3) is 3.89. The van der Waals surface area contributed by atoms with Gasteiger partial charge in [-0.15, -0.1) is 0 Å². The van der Waals surface area contributed by atoms with Crippen LogP contribution in [0.5, 0.6) is 0 Å². The lowest BCUT2D eigenvalue weighted by Crippen LogP contribution is -2.35. The SMILES string of the molecule is Cc1nc(NC(=O)Nc2ccccc2)sc1C(=O)N1CCc2ccccc2C1. The number of aromatic nitrogens is 1. The molecule has 6 nitrogen and oxygen atoms in total. The number of para-hydroxylation sites is 1. The largest absolute Gasteiger partial charge is 0.333 e. The highest BCUT2D eigenvalue weighted by atomic mass is 32.1. The summed E-state index contributed by atoms with van der Waals surface area (Å²) in [7, 11) is 0. The van der Waals surface area contributed by atoms with Crippen LogP contribution in [0.3, 0.4) is 0 Å². The van der Waals surface area contributed by atoms with E-state index in [4.69, 9.17) is 0 Å². The van der Waals surface area contributed by atoms with Gasteiger partial charge in [0.15, 0.2) is 5.13 Å². The fourth-order valence-corrected chi connectivity index (χ4v) is 4.17. The van der Waals surface area contributed by atoms with E-state index in [0.29, 0.717) is 34.5 Å². The van der Waals surface area contributed by atoms with Crippen LogP contribution in [0.4, 0.5) is 15.6 Å². The van der Waals surface area contributed by atoms with E-state index in [1.165, 1.54) is 22.5 Å². The molecule has 0 unspecified atom stereocenters. The minimum absolute atomic E-state index is 0.0407. The number of hydrogen-bond acceptors (Lipinski definition) is 4. The molecule has 1 aromatic heterocycles. The highest BCUT2D eigenvalue weighted by Gasteiger charge is 2.25. The van der Waals surface area contributed by atoms with E-state index in [1.807, 2.05) is 35.2 Å². The predicted octanol–water partition coefficient (Wildman–Crippen LogP) is 4.29. The molecule has 1 aliphatic heterocycles. The molecule has 0 bridgehead atoms. The summed E-state index contributed by atoms with van der Waals surface area (Å²) in [5.74, 6) is -0.0407. The van der Waals surface area contributed by atoms with Gasteiger partial charge in [0, 0.05) is 18.8 Å². The van der Waals surface area contributed by atoms with Crippen LogP contribution in [-0.4, -0.2) is 28.4 Å². The number of hydrogen-bond donors (Lipinski definition) is 2. The molecule has 0 saturated heterocycles. The first-order chi connectivity index (χ1) is 13.6. The van der Waals surface area contributed by atoms with Crippen molar-refractivity contribution in [1.29, 1.82) is 0 Å². The molecule has 0 spiro atoms. The van der Waals surface area contributed by atoms with Crippen LogP contribution in [0.25, 0.3) is 0 Å². The second-order valence-electron chi connectivity index (χ2n) is 6.62. The summed E-state index contributed by atoms with van der Waals surface area (Å²) in [6.07, 6.45) is 0.852. The first kappa shape index (κ1) is 18.2. The first-order valence-corrected chi connectivity index (χ1v) is 9.88. The Morgan fingerprint density at radius 1 is 1.00 bits per heavy atom. The molecule has 2 aromatic carbocycles. The number of nitrogens with zero attached hydrogens (tertiary/aromatic N) is 2. The zero-order valence-corrected chi connectivity index (χ0v) is 16.3. The van der Waals surface area contributed by atoms with Crippen LogP contribution in [0.2, 0.25) is 0 Å². The van der Waals surface area contributed by atoms with E-state index in [2.05, 4.69) is 27.8 Å². The molecule has 1 aliphatic rings. The first-order valence-electron chi connectivity index (χ1n) is 9.06. The number of urea groups is 1. The molecule has 2 heterocycles. The molecule has 4 rings (SSSR count). The lowest BCUT2D eigenvalue weighted by atomic mass is 10.00. The molecule has 3 aromatic rings. The Bertz CT molecular complexity index is 1020. The smallest absolute Gasteiger partial charge is 0.325 e. The minimum atomic E-state index is -0.383. The number of aryl methyl sites for hydroxylation is 1. The van der Waals surface area contributed by atoms with Gasteiger partial charge >= 0.3 is 6.03 Å². The number of anilines is 2. The van der Waals surface area contributed by atoms with Crippen LogP contribution in [0.1, 0.15) is 26.5 Å². The molecule has 0 fully saturated rings. The van der Waals surface area contributed by atoms with Gasteiger partial charge in [-0.05, 0) is 36.6 Å². The van der Waals surface area contributed by atoms with Crippen LogP contribution < -0.4 is 10.6 Å². The van der Waals surface area contributed by atoms with Crippen molar-refractivity contribution < 1.29 is 9.59 Å². The van der Waals surface area contributed by atoms with Crippen LogP contribution >= 0.6 is 11.3 Å². The molecule has 28 heavy (non-hydrogen) atoms. The van der Waals surface area contributed by atoms with Crippen molar-refractivity contribution in [3.05, 3.63) is 76.3 Å². The number of thiazole rings is 1. The number of benzene rings is 2. The second-order valence-corrected chi connectivity index (χ2v) is 7.62. The maximum atomic E-state index is 13.0. The molecule has 142 valence electrons. The van der Waals surface area contributed by atoms with Crippen molar-refractivity contribution in [2.45, 2.75) is 19.9 Å². The van der Waals surface area contributed by atoms with E-state index in [9.17, 15) is 9.59 Å². The average molecular weight is 392 g/mol. The Morgan fingerprint density at radius 2 is 1.71 bits per heavy atom. The fraction of sp³-hybridized carbons (Fsp3) is 0.190. The molecule has 0 atom stereocenters. The van der Waals surface area contributed by atoms with Gasteiger partial charge in [-0.2, -0.15) is 0 Å². The van der Waals surface area contributed by atoms with E-state index in [-0.39, 0.29) is 11.9 Å². The maximum Gasteiger partial charge on any atom is 0.325 e. The molecular weight excluding hydrogens is 372 g/mol. The number of rotatable bonds is 3. The van der Waals surface area contributed by atoms with E-state index in [1.54, 1.807) is 19.1 Å². The second kappa shape index (κ2) is 7.82. The van der Waals surface area contributed by atoms with Gasteiger partial charge < -0.3 is 10.2 Å². The summed E-state index contributed by atoms with van der Waals surface area (Å²) < 4.78 is 0. The van der Waals surface area contributed by atoms with Crippen molar-refractivity contribution in [3.8, 4) is 0 Å². The van der Waals surface area contributed by atoms with Gasteiger partial charge in [0.1, 0.15) is 4.88 Å². The van der Waals surface area contributed by atoms with Crippen LogP contribution in [0.15, 0.2) is 54.6 Å². The molecular formula is C21H20N4O2S. The Balaban J connectivity index is 1.44. The Morgan fingerprint density at radius 3 is 2.50 bits per heavy atom. The highest BCUT2D eigenvalue weighted by molar-refractivity contribution is 7.17. The molecule has 0 saturated carbocycles. The summed E-state index contributed by atoms with van der Waals surface area (Å²) >= 11 is 1.21. The van der Waals surface area contributed by atoms with Crippen molar-refractivity contribution in [3.63, 3.8) is 0 Å². The number of amides is 3. The number of carbonyl (C=O) groups is 2. The number of nitrogens with one attached hydrogen (secondary N) is 2. The lowest BCUT2D eigenvalue weighted by Gasteiger charge is -2.28. The van der Waals surface area contributed by atoms with Crippen LogP contribution in [0, 0.1) is 6.92 Å². The Kier molecular flexibility index (Phi) is 5.08. The standard InChI is InChI=1S/C21H20N4O2S/c1-14-18(19(26)25-12-11-15-7-5-6-8-16(15)13-25)28-21(22-14)24-20(27)23-17-9-3-2-4-10-17/h2-10H,11-13H2,1H3,(H2,22,23,24,27). The summed E-state index contributed by atoms with van der Waals surface area (Å²) in [5.41, 5.74) is 3.80. The normalized spacial score (nSPS) is 13.0. The summed E-state index contributed by atoms with van der Waals surface area (Å²) in [6.45, 7) is 3.08. The molecule has 2 N–H and O–H groups in total. The monoisotopic (exact) mass is 392 g/mol. The predicted molar refractivity (Wildman–Crippen MR) is 111 cm³/mol. The van der Waals surface area contributed by atoms with Crippen molar-refractivity contribution >= 4 is 34.1 Å². The van der Waals surface area contributed by atoms with Crippen molar-refractivity contribution in [2.75, 3.05) is 17.2 Å². The molecule has 0 radical (unpaired) electrons. The fourth-order valence-electron chi connectivity index (χ4n) is 3.24. The number of carbonyl (C=O) groups excluding carboxylic acids is 2. The Hall–Kier alpha value is -3.19. The van der Waals surface area contributed by atoms with Gasteiger partial charge in [0.25, 0.3) is 5.91 Å². The summed E-state index contributed by atoms with van der Waals surface area (Å²) in [5, 5.41) is 5.86. The van der Waals surface area contributed by atoms with Gasteiger partial charge in [0.05, 0.1) is 5.69 Å². The van der Waals surface area contributed by atoms with E-state index >= 15 is 0 Å². The zero-order chi connectivity index (χ0) is 19.5. The van der Waals surface area contributed by atoms with E-state index < -0.39 is 0 Å². The number of fused-ring (bicyclic) bond motifs is 1. The van der Waals surface area contributed by atoms with Gasteiger partial charge in [0.2, 0.25) is 0 Å². The average Bonchev–Trinajstić information content (AvgIpc) is 3.07. The van der Waals surface area contributed by atoms with Gasteiger partial charge in [-0.25, -0.2) is 9.78 Å².